The van der Waals surface area contributed by atoms with E-state index in [1.165, 1.54) is 12.1 Å². The van der Waals surface area contributed by atoms with Crippen LogP contribution in [-0.2, 0) is 11.2 Å². The van der Waals surface area contributed by atoms with Gasteiger partial charge >= 0.3 is 0 Å². The average molecular weight is 439 g/mol. The van der Waals surface area contributed by atoms with Crippen LogP contribution in [0.3, 0.4) is 0 Å². The van der Waals surface area contributed by atoms with Gasteiger partial charge in [-0.2, -0.15) is 0 Å². The normalized spacial score (nSPS) is 15.9. The molecule has 1 aliphatic rings. The minimum absolute atomic E-state index is 0.0103. The summed E-state index contributed by atoms with van der Waals surface area (Å²) >= 11 is 6.23. The zero-order chi connectivity index (χ0) is 22.0. The molecule has 7 heteroatoms. The van der Waals surface area contributed by atoms with Crippen LogP contribution in [-0.4, -0.2) is 41.4 Å². The zero-order valence-corrected chi connectivity index (χ0v) is 18.3. The van der Waals surface area contributed by atoms with Gasteiger partial charge in [0.2, 0.25) is 11.9 Å². The predicted molar refractivity (Wildman–Crippen MR) is 121 cm³/mol. The lowest BCUT2D eigenvalue weighted by molar-refractivity contribution is -0.131. The number of carbonyl (C=O) groups excluding carboxylic acids is 1. The molecule has 3 aromatic rings. The molecular weight excluding hydrogens is 415 g/mol. The van der Waals surface area contributed by atoms with Crippen LogP contribution in [0.4, 0.5) is 10.3 Å². The lowest BCUT2D eigenvalue weighted by Crippen LogP contribution is -2.32. The Morgan fingerprint density at radius 2 is 2.00 bits per heavy atom. The van der Waals surface area contributed by atoms with Crippen LogP contribution >= 0.6 is 11.6 Å². The molecule has 5 nitrogen and oxygen atoms in total. The summed E-state index contributed by atoms with van der Waals surface area (Å²) in [5.74, 6) is 0.299. The lowest BCUT2D eigenvalue weighted by Gasteiger charge is -2.27. The first-order valence-electron chi connectivity index (χ1n) is 10.3. The number of hydrogen-bond acceptors (Lipinski definition) is 4. The highest BCUT2D eigenvalue weighted by Crippen LogP contribution is 2.38. The number of carbonyl (C=O) groups is 1. The van der Waals surface area contributed by atoms with Gasteiger partial charge in [-0.3, -0.25) is 4.79 Å². The van der Waals surface area contributed by atoms with Crippen molar-refractivity contribution in [3.05, 3.63) is 76.8 Å². The van der Waals surface area contributed by atoms with Crippen LogP contribution in [0.2, 0.25) is 5.02 Å². The molecule has 0 spiro atoms. The fraction of sp³-hybridized carbons (Fsp3) is 0.292. The van der Waals surface area contributed by atoms with E-state index in [0.717, 1.165) is 35.2 Å². The molecule has 0 aliphatic carbocycles. The average Bonchev–Trinajstić information content (AvgIpc) is 3.25. The number of nitrogens with zero attached hydrogens (tertiary/aromatic N) is 4. The van der Waals surface area contributed by atoms with E-state index in [2.05, 4.69) is 4.98 Å². The number of likely N-dealkylation sites (tertiary alicyclic amines) is 1. The summed E-state index contributed by atoms with van der Waals surface area (Å²) in [6.07, 6.45) is 3.77. The van der Waals surface area contributed by atoms with E-state index in [4.69, 9.17) is 16.6 Å². The van der Waals surface area contributed by atoms with Gasteiger partial charge in [0.25, 0.3) is 0 Å². The third kappa shape index (κ3) is 4.69. The largest absolute Gasteiger partial charge is 0.347 e. The smallest absolute Gasteiger partial charge is 0.227 e. The van der Waals surface area contributed by atoms with E-state index in [1.807, 2.05) is 54.4 Å². The summed E-state index contributed by atoms with van der Waals surface area (Å²) in [5, 5.41) is 0.635. The molecule has 0 N–H and O–H groups in total. The van der Waals surface area contributed by atoms with Crippen molar-refractivity contribution >= 4 is 23.5 Å². The van der Waals surface area contributed by atoms with Gasteiger partial charge < -0.3 is 9.80 Å². The molecule has 2 heterocycles. The first kappa shape index (κ1) is 21.2. The molecular formula is C24H24ClFN4O. The summed E-state index contributed by atoms with van der Waals surface area (Å²) in [5.41, 5.74) is 3.42. The SMILES string of the molecule is CN(C)c1ncc(-c2cccc(Cl)c2)c(C2CCCN2C(=O)Cc2ccc(F)cc2)n1. The lowest BCUT2D eigenvalue weighted by atomic mass is 9.99. The number of aromatic nitrogens is 2. The van der Waals surface area contributed by atoms with Gasteiger partial charge in [-0.05, 0) is 48.2 Å². The van der Waals surface area contributed by atoms with Crippen molar-refractivity contribution in [2.75, 3.05) is 25.5 Å². The Bertz CT molecular complexity index is 1090. The number of rotatable bonds is 5. The second-order valence-corrected chi connectivity index (χ2v) is 8.36. The van der Waals surface area contributed by atoms with Crippen molar-refractivity contribution < 1.29 is 9.18 Å². The summed E-state index contributed by atoms with van der Waals surface area (Å²) in [4.78, 5) is 26.2. The van der Waals surface area contributed by atoms with Crippen LogP contribution in [0.15, 0.2) is 54.7 Å². The highest BCUT2D eigenvalue weighted by molar-refractivity contribution is 6.30. The molecule has 1 unspecified atom stereocenters. The molecule has 1 atom stereocenters. The molecule has 0 radical (unpaired) electrons. The van der Waals surface area contributed by atoms with Crippen molar-refractivity contribution in [2.45, 2.75) is 25.3 Å². The van der Waals surface area contributed by atoms with E-state index in [0.29, 0.717) is 17.5 Å². The van der Waals surface area contributed by atoms with Gasteiger partial charge in [-0.1, -0.05) is 35.9 Å². The molecule has 4 rings (SSSR count). The topological polar surface area (TPSA) is 49.3 Å². The van der Waals surface area contributed by atoms with Crippen molar-refractivity contribution in [2.24, 2.45) is 0 Å². The highest BCUT2D eigenvalue weighted by atomic mass is 35.5. The van der Waals surface area contributed by atoms with Crippen LogP contribution in [0.5, 0.6) is 0 Å². The molecule has 1 saturated heterocycles. The molecule has 160 valence electrons. The van der Waals surface area contributed by atoms with Gasteiger partial charge in [0.1, 0.15) is 5.82 Å². The van der Waals surface area contributed by atoms with Crippen LogP contribution in [0.1, 0.15) is 30.1 Å². The second-order valence-electron chi connectivity index (χ2n) is 7.92. The van der Waals surface area contributed by atoms with Gasteiger partial charge in [-0.15, -0.1) is 0 Å². The summed E-state index contributed by atoms with van der Waals surface area (Å²) in [7, 11) is 3.79. The quantitative estimate of drug-likeness (QED) is 0.568. The molecule has 0 saturated carbocycles. The first-order chi connectivity index (χ1) is 14.9. The van der Waals surface area contributed by atoms with E-state index < -0.39 is 0 Å². The summed E-state index contributed by atoms with van der Waals surface area (Å²) < 4.78 is 13.2. The van der Waals surface area contributed by atoms with Gasteiger partial charge in [0.05, 0.1) is 18.2 Å². The molecule has 1 fully saturated rings. The Kier molecular flexibility index (Phi) is 6.18. The van der Waals surface area contributed by atoms with Crippen molar-refractivity contribution in [3.8, 4) is 11.1 Å². The number of benzene rings is 2. The van der Waals surface area contributed by atoms with Gasteiger partial charge in [0.15, 0.2) is 0 Å². The van der Waals surface area contributed by atoms with Gasteiger partial charge in [-0.25, -0.2) is 14.4 Å². The van der Waals surface area contributed by atoms with Crippen molar-refractivity contribution in [1.82, 2.24) is 14.9 Å². The third-order valence-corrected chi connectivity index (χ3v) is 5.73. The summed E-state index contributed by atoms with van der Waals surface area (Å²) in [6.45, 7) is 0.668. The van der Waals surface area contributed by atoms with E-state index in [1.54, 1.807) is 12.1 Å². The molecule has 1 amide bonds. The first-order valence-corrected chi connectivity index (χ1v) is 10.6. The predicted octanol–water partition coefficient (Wildman–Crippen LogP) is 4.91. The fourth-order valence-electron chi connectivity index (χ4n) is 3.96. The molecule has 0 bridgehead atoms. The number of amides is 1. The van der Waals surface area contributed by atoms with E-state index in [9.17, 15) is 9.18 Å². The Labute approximate surface area is 186 Å². The third-order valence-electron chi connectivity index (χ3n) is 5.50. The minimum atomic E-state index is -0.307. The summed E-state index contributed by atoms with van der Waals surface area (Å²) in [6, 6.07) is 13.5. The van der Waals surface area contributed by atoms with Crippen LogP contribution < -0.4 is 4.90 Å². The highest BCUT2D eigenvalue weighted by Gasteiger charge is 2.33. The monoisotopic (exact) mass is 438 g/mol. The van der Waals surface area contributed by atoms with Crippen molar-refractivity contribution in [1.29, 1.82) is 0 Å². The zero-order valence-electron chi connectivity index (χ0n) is 17.6. The second kappa shape index (κ2) is 9.02. The minimum Gasteiger partial charge on any atom is -0.347 e. The molecule has 1 aromatic heterocycles. The van der Waals surface area contributed by atoms with E-state index >= 15 is 0 Å². The maximum absolute atomic E-state index is 13.2. The molecule has 1 aliphatic heterocycles. The molecule has 2 aromatic carbocycles. The number of hydrogen-bond donors (Lipinski definition) is 0. The van der Waals surface area contributed by atoms with Crippen LogP contribution in [0.25, 0.3) is 11.1 Å². The Balaban J connectivity index is 1.69. The maximum atomic E-state index is 13.2. The maximum Gasteiger partial charge on any atom is 0.227 e. The Morgan fingerprint density at radius 1 is 1.23 bits per heavy atom. The Morgan fingerprint density at radius 3 is 2.71 bits per heavy atom. The van der Waals surface area contributed by atoms with Gasteiger partial charge in [0, 0.05) is 37.4 Å². The van der Waals surface area contributed by atoms with Crippen LogP contribution in [0, 0.1) is 5.82 Å². The van der Waals surface area contributed by atoms with Crippen molar-refractivity contribution in [3.63, 3.8) is 0 Å². The number of halogens is 2. The molecule has 31 heavy (non-hydrogen) atoms. The fourth-order valence-corrected chi connectivity index (χ4v) is 4.15. The number of anilines is 1. The standard InChI is InChI=1S/C24H24ClFN4O/c1-29(2)24-27-15-20(17-5-3-6-18(25)14-17)23(28-24)21-7-4-12-30(21)22(31)13-16-8-10-19(26)11-9-16/h3,5-6,8-11,14-15,21H,4,7,12-13H2,1-2H3. The van der Waals surface area contributed by atoms with E-state index in [-0.39, 0.29) is 24.2 Å². The Hall–Kier alpha value is -2.99.